The van der Waals surface area contributed by atoms with Gasteiger partial charge in [-0.1, -0.05) is 0 Å². The van der Waals surface area contributed by atoms with Gasteiger partial charge in [-0.05, 0) is 94.8 Å². The minimum atomic E-state index is -0.332. The monoisotopic (exact) mass is 390 g/mol. The Labute approximate surface area is 166 Å². The summed E-state index contributed by atoms with van der Waals surface area (Å²) >= 11 is 0. The number of carbonyl (C=O) groups excluding carboxylic acids is 2. The number of halogens is 1. The van der Waals surface area contributed by atoms with Crippen molar-refractivity contribution in [3.8, 4) is 0 Å². The maximum atomic E-state index is 13.0. The SMILES string of the molecule is COC(=O)NC1CCC(CCN2CCC(C(=O)c3ccc(F)cc3)CC2)CC1. The zero-order chi connectivity index (χ0) is 19.9. The van der Waals surface area contributed by atoms with Crippen LogP contribution in [0, 0.1) is 17.7 Å². The molecule has 5 nitrogen and oxygen atoms in total. The first kappa shape index (κ1) is 20.8. The molecule has 0 spiro atoms. The molecule has 0 unspecified atom stereocenters. The summed E-state index contributed by atoms with van der Waals surface area (Å²) in [6.07, 6.45) is 6.95. The van der Waals surface area contributed by atoms with E-state index in [0.29, 0.717) is 11.5 Å². The lowest BCUT2D eigenvalue weighted by atomic mass is 9.83. The molecule has 0 atom stereocenters. The maximum absolute atomic E-state index is 13.0. The second kappa shape index (κ2) is 10.0. The number of alkyl carbamates (subject to hydrolysis) is 1. The minimum absolute atomic E-state index is 0.0570. The summed E-state index contributed by atoms with van der Waals surface area (Å²) < 4.78 is 17.7. The van der Waals surface area contributed by atoms with E-state index in [1.165, 1.54) is 25.7 Å². The van der Waals surface area contributed by atoms with E-state index in [-0.39, 0.29) is 29.7 Å². The molecule has 1 aromatic rings. The summed E-state index contributed by atoms with van der Waals surface area (Å²) in [4.78, 5) is 26.3. The van der Waals surface area contributed by atoms with Crippen molar-refractivity contribution in [3.63, 3.8) is 0 Å². The zero-order valence-electron chi connectivity index (χ0n) is 16.7. The summed E-state index contributed by atoms with van der Waals surface area (Å²) in [5.74, 6) is 0.619. The molecule has 0 aromatic heterocycles. The number of amides is 1. The second-order valence-corrected chi connectivity index (χ2v) is 8.13. The fraction of sp³-hybridized carbons (Fsp3) is 0.636. The van der Waals surface area contributed by atoms with Crippen molar-refractivity contribution in [2.24, 2.45) is 11.8 Å². The summed E-state index contributed by atoms with van der Waals surface area (Å²) in [6, 6.07) is 6.15. The van der Waals surface area contributed by atoms with Gasteiger partial charge in [0.2, 0.25) is 0 Å². The number of ketones is 1. The highest BCUT2D eigenvalue weighted by Gasteiger charge is 2.27. The Morgan fingerprint density at radius 1 is 1.07 bits per heavy atom. The van der Waals surface area contributed by atoms with Crippen LogP contribution in [0.4, 0.5) is 9.18 Å². The molecule has 1 saturated heterocycles. The highest BCUT2D eigenvalue weighted by molar-refractivity contribution is 5.97. The first-order valence-corrected chi connectivity index (χ1v) is 10.4. The Morgan fingerprint density at radius 3 is 2.32 bits per heavy atom. The van der Waals surface area contributed by atoms with E-state index in [0.717, 1.165) is 58.2 Å². The molecule has 28 heavy (non-hydrogen) atoms. The van der Waals surface area contributed by atoms with Crippen LogP contribution in [0.2, 0.25) is 0 Å². The van der Waals surface area contributed by atoms with E-state index in [1.807, 2.05) is 0 Å². The molecular formula is C22H31FN2O3. The number of likely N-dealkylation sites (tertiary alicyclic amines) is 1. The molecule has 0 radical (unpaired) electrons. The van der Waals surface area contributed by atoms with Gasteiger partial charge in [0.25, 0.3) is 0 Å². The molecule has 1 aliphatic heterocycles. The van der Waals surface area contributed by atoms with Crippen LogP contribution in [0.5, 0.6) is 0 Å². The quantitative estimate of drug-likeness (QED) is 0.745. The predicted octanol–water partition coefficient (Wildman–Crippen LogP) is 4.03. The standard InChI is InChI=1S/C22H31FN2O3/c1-28-22(27)24-20-8-2-16(3-9-20)10-13-25-14-11-18(12-15-25)21(26)17-4-6-19(23)7-5-17/h4-7,16,18,20H,2-3,8-15H2,1H3,(H,24,27). The van der Waals surface area contributed by atoms with E-state index in [2.05, 4.69) is 15.0 Å². The number of benzene rings is 1. The fourth-order valence-corrected chi connectivity index (χ4v) is 4.45. The molecule has 6 heteroatoms. The van der Waals surface area contributed by atoms with Crippen LogP contribution in [0.15, 0.2) is 24.3 Å². The Balaban J connectivity index is 1.34. The Kier molecular flexibility index (Phi) is 7.43. The number of methoxy groups -OCH3 is 1. The van der Waals surface area contributed by atoms with Crippen molar-refractivity contribution < 1.29 is 18.7 Å². The van der Waals surface area contributed by atoms with Crippen LogP contribution in [-0.4, -0.2) is 49.6 Å². The molecule has 1 saturated carbocycles. The van der Waals surface area contributed by atoms with Gasteiger partial charge in [0, 0.05) is 17.5 Å². The molecule has 1 aliphatic carbocycles. The van der Waals surface area contributed by atoms with Crippen LogP contribution < -0.4 is 5.32 Å². The van der Waals surface area contributed by atoms with Crippen LogP contribution in [0.25, 0.3) is 0 Å². The van der Waals surface area contributed by atoms with Crippen molar-refractivity contribution >= 4 is 11.9 Å². The van der Waals surface area contributed by atoms with E-state index < -0.39 is 0 Å². The van der Waals surface area contributed by atoms with Crippen LogP contribution >= 0.6 is 0 Å². The summed E-state index contributed by atoms with van der Waals surface area (Å²) in [5, 5.41) is 2.90. The smallest absolute Gasteiger partial charge is 0.407 e. The Bertz CT molecular complexity index is 648. The van der Waals surface area contributed by atoms with Crippen molar-refractivity contribution in [2.45, 2.75) is 51.0 Å². The number of piperidine rings is 1. The number of Topliss-reactive ketones (excluding diaryl/α,β-unsaturated/α-hetero) is 1. The van der Waals surface area contributed by atoms with Crippen molar-refractivity contribution in [2.75, 3.05) is 26.7 Å². The van der Waals surface area contributed by atoms with Gasteiger partial charge in [-0.3, -0.25) is 4.79 Å². The average Bonchev–Trinajstić information content (AvgIpc) is 2.73. The molecular weight excluding hydrogens is 359 g/mol. The van der Waals surface area contributed by atoms with Gasteiger partial charge in [-0.25, -0.2) is 9.18 Å². The molecule has 0 bridgehead atoms. The van der Waals surface area contributed by atoms with Gasteiger partial charge in [0.1, 0.15) is 5.82 Å². The fourth-order valence-electron chi connectivity index (χ4n) is 4.45. The van der Waals surface area contributed by atoms with Crippen LogP contribution in [0.1, 0.15) is 55.3 Å². The van der Waals surface area contributed by atoms with Gasteiger partial charge in [-0.2, -0.15) is 0 Å². The third kappa shape index (κ3) is 5.77. The first-order valence-electron chi connectivity index (χ1n) is 10.4. The third-order valence-electron chi connectivity index (χ3n) is 6.29. The number of ether oxygens (including phenoxy) is 1. The molecule has 2 aliphatic rings. The van der Waals surface area contributed by atoms with Gasteiger partial charge in [0.15, 0.2) is 5.78 Å². The largest absolute Gasteiger partial charge is 0.453 e. The number of carbonyl (C=O) groups is 2. The number of nitrogens with one attached hydrogen (secondary N) is 1. The lowest BCUT2D eigenvalue weighted by Gasteiger charge is -2.34. The summed E-state index contributed by atoms with van der Waals surface area (Å²) in [5.41, 5.74) is 0.622. The molecule has 1 aromatic carbocycles. The molecule has 3 rings (SSSR count). The normalized spacial score (nSPS) is 23.9. The van der Waals surface area contributed by atoms with E-state index >= 15 is 0 Å². The predicted molar refractivity (Wildman–Crippen MR) is 106 cm³/mol. The van der Waals surface area contributed by atoms with Crippen molar-refractivity contribution in [3.05, 3.63) is 35.6 Å². The van der Waals surface area contributed by atoms with Gasteiger partial charge < -0.3 is 15.0 Å². The van der Waals surface area contributed by atoms with E-state index in [4.69, 9.17) is 0 Å². The van der Waals surface area contributed by atoms with Gasteiger partial charge in [0.05, 0.1) is 7.11 Å². The maximum Gasteiger partial charge on any atom is 0.407 e. The highest BCUT2D eigenvalue weighted by Crippen LogP contribution is 2.28. The highest BCUT2D eigenvalue weighted by atomic mass is 19.1. The summed E-state index contributed by atoms with van der Waals surface area (Å²) in [7, 11) is 1.40. The van der Waals surface area contributed by atoms with Crippen LogP contribution in [-0.2, 0) is 4.74 Å². The van der Waals surface area contributed by atoms with Crippen LogP contribution in [0.3, 0.4) is 0 Å². The third-order valence-corrected chi connectivity index (χ3v) is 6.29. The first-order chi connectivity index (χ1) is 13.5. The van der Waals surface area contributed by atoms with E-state index in [9.17, 15) is 14.0 Å². The molecule has 2 fully saturated rings. The summed E-state index contributed by atoms with van der Waals surface area (Å²) in [6.45, 7) is 2.99. The number of hydrogen-bond acceptors (Lipinski definition) is 4. The molecule has 1 amide bonds. The van der Waals surface area contributed by atoms with Crippen molar-refractivity contribution in [1.82, 2.24) is 10.2 Å². The Hall–Kier alpha value is -1.95. The minimum Gasteiger partial charge on any atom is -0.453 e. The second-order valence-electron chi connectivity index (χ2n) is 8.13. The molecule has 1 heterocycles. The lowest BCUT2D eigenvalue weighted by Crippen LogP contribution is -2.39. The zero-order valence-corrected chi connectivity index (χ0v) is 16.7. The van der Waals surface area contributed by atoms with E-state index in [1.54, 1.807) is 12.1 Å². The van der Waals surface area contributed by atoms with Gasteiger partial charge >= 0.3 is 6.09 Å². The average molecular weight is 390 g/mol. The molecule has 1 N–H and O–H groups in total. The lowest BCUT2D eigenvalue weighted by molar-refractivity contribution is 0.0832. The van der Waals surface area contributed by atoms with Gasteiger partial charge in [-0.15, -0.1) is 0 Å². The Morgan fingerprint density at radius 2 is 1.71 bits per heavy atom. The molecule has 154 valence electrons. The topological polar surface area (TPSA) is 58.6 Å². The van der Waals surface area contributed by atoms with Crippen molar-refractivity contribution in [1.29, 1.82) is 0 Å². The number of nitrogens with zero attached hydrogens (tertiary/aromatic N) is 1. The number of hydrogen-bond donors (Lipinski definition) is 1. The number of rotatable bonds is 6.